The maximum atomic E-state index is 10.3. The zero-order chi connectivity index (χ0) is 11.2. The Labute approximate surface area is 93.5 Å². The summed E-state index contributed by atoms with van der Waals surface area (Å²) in [5.41, 5.74) is 2.52. The lowest BCUT2D eigenvalue weighted by atomic mass is 10.1. The highest BCUT2D eigenvalue weighted by Crippen LogP contribution is 2.18. The van der Waals surface area contributed by atoms with Gasteiger partial charge in [-0.1, -0.05) is 30.3 Å². The molecule has 0 aliphatic heterocycles. The van der Waals surface area contributed by atoms with Crippen LogP contribution in [0, 0.1) is 0 Å². The zero-order valence-corrected chi connectivity index (χ0v) is 8.63. The first-order valence-electron chi connectivity index (χ1n) is 4.96. The minimum Gasteiger partial charge on any atom is -0.259 e. The van der Waals surface area contributed by atoms with Gasteiger partial charge < -0.3 is 0 Å². The van der Waals surface area contributed by atoms with E-state index in [9.17, 15) is 4.79 Å². The number of aliphatic imine (C=N–C) groups is 1. The average molecular weight is 210 g/mol. The summed E-state index contributed by atoms with van der Waals surface area (Å²) in [5, 5.41) is 0. The van der Waals surface area contributed by atoms with E-state index >= 15 is 0 Å². The lowest BCUT2D eigenvalue weighted by Gasteiger charge is -2.02. The molecule has 78 valence electrons. The van der Waals surface area contributed by atoms with Crippen molar-refractivity contribution in [2.75, 3.05) is 0 Å². The summed E-state index contributed by atoms with van der Waals surface area (Å²) in [4.78, 5) is 18.1. The maximum Gasteiger partial charge on any atom is 0.240 e. The van der Waals surface area contributed by atoms with E-state index in [1.165, 1.54) is 0 Å². The van der Waals surface area contributed by atoms with Crippen molar-refractivity contribution in [1.82, 2.24) is 4.98 Å². The van der Waals surface area contributed by atoms with Crippen LogP contribution in [0.4, 0.5) is 5.69 Å². The van der Waals surface area contributed by atoms with Gasteiger partial charge in [-0.25, -0.2) is 4.79 Å². The van der Waals surface area contributed by atoms with Gasteiger partial charge >= 0.3 is 0 Å². The van der Waals surface area contributed by atoms with Gasteiger partial charge in [0.2, 0.25) is 6.08 Å². The first kappa shape index (κ1) is 10.3. The van der Waals surface area contributed by atoms with E-state index in [1.54, 1.807) is 24.4 Å². The van der Waals surface area contributed by atoms with Crippen molar-refractivity contribution < 1.29 is 4.79 Å². The molecule has 0 amide bonds. The summed E-state index contributed by atoms with van der Waals surface area (Å²) in [7, 11) is 0. The van der Waals surface area contributed by atoms with Crippen molar-refractivity contribution in [3.05, 3.63) is 59.9 Å². The molecule has 0 bridgehead atoms. The van der Waals surface area contributed by atoms with Crippen LogP contribution in [-0.4, -0.2) is 11.1 Å². The van der Waals surface area contributed by atoms with Crippen LogP contribution in [0.1, 0.15) is 11.3 Å². The Hall–Kier alpha value is -2.25. The van der Waals surface area contributed by atoms with Crippen LogP contribution in [-0.2, 0) is 11.2 Å². The molecule has 16 heavy (non-hydrogen) atoms. The smallest absolute Gasteiger partial charge is 0.240 e. The number of rotatable bonds is 3. The molecule has 3 heteroatoms. The number of aromatic nitrogens is 1. The highest BCUT2D eigenvalue weighted by Gasteiger charge is 2.02. The molecule has 0 N–H and O–H groups in total. The Morgan fingerprint density at radius 3 is 2.69 bits per heavy atom. The van der Waals surface area contributed by atoms with Crippen LogP contribution in [0.3, 0.4) is 0 Å². The van der Waals surface area contributed by atoms with Gasteiger partial charge in [0, 0.05) is 12.6 Å². The Kier molecular flexibility index (Phi) is 3.22. The van der Waals surface area contributed by atoms with E-state index in [0.717, 1.165) is 11.3 Å². The van der Waals surface area contributed by atoms with E-state index in [0.29, 0.717) is 12.1 Å². The van der Waals surface area contributed by atoms with Gasteiger partial charge in [-0.15, -0.1) is 0 Å². The monoisotopic (exact) mass is 210 g/mol. The lowest BCUT2D eigenvalue weighted by Crippen LogP contribution is -1.91. The summed E-state index contributed by atoms with van der Waals surface area (Å²) < 4.78 is 0. The maximum absolute atomic E-state index is 10.3. The highest BCUT2D eigenvalue weighted by atomic mass is 16.1. The number of carbonyl (C=O) groups excluding carboxylic acids is 1. The summed E-state index contributed by atoms with van der Waals surface area (Å²) in [6, 6.07) is 13.5. The SMILES string of the molecule is O=C=Nc1cccnc1Cc1ccccc1. The highest BCUT2D eigenvalue weighted by molar-refractivity contribution is 5.52. The van der Waals surface area contributed by atoms with Crippen molar-refractivity contribution >= 4 is 11.8 Å². The average Bonchev–Trinajstić information content (AvgIpc) is 2.33. The molecule has 3 nitrogen and oxygen atoms in total. The van der Waals surface area contributed by atoms with Crippen LogP contribution in [0.5, 0.6) is 0 Å². The number of hydrogen-bond donors (Lipinski definition) is 0. The second kappa shape index (κ2) is 5.01. The minimum atomic E-state index is 0.585. The third-order valence-electron chi connectivity index (χ3n) is 2.25. The second-order valence-electron chi connectivity index (χ2n) is 3.33. The largest absolute Gasteiger partial charge is 0.259 e. The lowest BCUT2D eigenvalue weighted by molar-refractivity contribution is 0.565. The quantitative estimate of drug-likeness (QED) is 0.577. The molecular weight excluding hydrogens is 200 g/mol. The second-order valence-corrected chi connectivity index (χ2v) is 3.33. The molecule has 1 aromatic carbocycles. The fourth-order valence-corrected chi connectivity index (χ4v) is 1.51. The topological polar surface area (TPSA) is 42.3 Å². The van der Waals surface area contributed by atoms with Crippen molar-refractivity contribution in [1.29, 1.82) is 0 Å². The van der Waals surface area contributed by atoms with Crippen LogP contribution in [0.15, 0.2) is 53.7 Å². The molecule has 0 spiro atoms. The molecule has 0 radical (unpaired) electrons. The third-order valence-corrected chi connectivity index (χ3v) is 2.25. The summed E-state index contributed by atoms with van der Waals surface area (Å²) in [5.74, 6) is 0. The van der Waals surface area contributed by atoms with Gasteiger partial charge in [0.15, 0.2) is 0 Å². The number of isocyanates is 1. The Balaban J connectivity index is 2.31. The molecule has 1 heterocycles. The van der Waals surface area contributed by atoms with Crippen molar-refractivity contribution in [3.8, 4) is 0 Å². The molecule has 1 aromatic heterocycles. The fourth-order valence-electron chi connectivity index (χ4n) is 1.51. The normalized spacial score (nSPS) is 9.50. The predicted molar refractivity (Wildman–Crippen MR) is 61.3 cm³/mol. The number of nitrogens with zero attached hydrogens (tertiary/aromatic N) is 2. The molecule has 0 fully saturated rings. The van der Waals surface area contributed by atoms with E-state index in [4.69, 9.17) is 0 Å². The van der Waals surface area contributed by atoms with E-state index in [-0.39, 0.29) is 0 Å². The Morgan fingerprint density at radius 2 is 1.94 bits per heavy atom. The van der Waals surface area contributed by atoms with Crippen LogP contribution >= 0.6 is 0 Å². The van der Waals surface area contributed by atoms with Crippen molar-refractivity contribution in [2.45, 2.75) is 6.42 Å². The van der Waals surface area contributed by atoms with E-state index in [2.05, 4.69) is 9.98 Å². The van der Waals surface area contributed by atoms with Gasteiger partial charge in [-0.3, -0.25) is 4.98 Å². The number of hydrogen-bond acceptors (Lipinski definition) is 3. The first-order valence-corrected chi connectivity index (χ1v) is 4.96. The van der Waals surface area contributed by atoms with Crippen LogP contribution in [0.2, 0.25) is 0 Å². The molecule has 0 saturated carbocycles. The van der Waals surface area contributed by atoms with Gasteiger partial charge in [0.05, 0.1) is 11.4 Å². The van der Waals surface area contributed by atoms with Crippen molar-refractivity contribution in [2.24, 2.45) is 4.99 Å². The zero-order valence-electron chi connectivity index (χ0n) is 8.63. The molecule has 0 unspecified atom stereocenters. The molecule has 0 aliphatic carbocycles. The molecule has 0 saturated heterocycles. The minimum absolute atomic E-state index is 0.585. The Bertz CT molecular complexity index is 516. The fraction of sp³-hybridized carbons (Fsp3) is 0.0769. The van der Waals surface area contributed by atoms with E-state index < -0.39 is 0 Å². The van der Waals surface area contributed by atoms with Gasteiger partial charge in [-0.2, -0.15) is 4.99 Å². The van der Waals surface area contributed by atoms with E-state index in [1.807, 2.05) is 30.3 Å². The Morgan fingerprint density at radius 1 is 1.12 bits per heavy atom. The molecule has 0 atom stereocenters. The molecule has 0 aliphatic rings. The first-order chi connectivity index (χ1) is 7.90. The van der Waals surface area contributed by atoms with Crippen LogP contribution < -0.4 is 0 Å². The summed E-state index contributed by atoms with van der Waals surface area (Å²) in [6.07, 6.45) is 3.91. The summed E-state index contributed by atoms with van der Waals surface area (Å²) >= 11 is 0. The molecule has 2 aromatic rings. The van der Waals surface area contributed by atoms with Crippen molar-refractivity contribution in [3.63, 3.8) is 0 Å². The molecular formula is C13H10N2O. The van der Waals surface area contributed by atoms with Crippen LogP contribution in [0.25, 0.3) is 0 Å². The standard InChI is InChI=1S/C13H10N2O/c16-10-15-12-7-4-8-14-13(12)9-11-5-2-1-3-6-11/h1-8H,9H2. The van der Waals surface area contributed by atoms with Gasteiger partial charge in [0.1, 0.15) is 0 Å². The van der Waals surface area contributed by atoms with Gasteiger partial charge in [0.25, 0.3) is 0 Å². The number of pyridine rings is 1. The number of benzene rings is 1. The molecule has 2 rings (SSSR count). The third kappa shape index (κ3) is 2.41. The van der Waals surface area contributed by atoms with Gasteiger partial charge in [-0.05, 0) is 17.7 Å². The summed E-state index contributed by atoms with van der Waals surface area (Å²) in [6.45, 7) is 0. The predicted octanol–water partition coefficient (Wildman–Crippen LogP) is 2.64.